The lowest BCUT2D eigenvalue weighted by atomic mass is 9.75. The first-order chi connectivity index (χ1) is 10.9. The number of piperidine rings is 2. The molecule has 2 saturated heterocycles. The molecular formula is C18H30N4O. The number of nitrogens with zero attached hydrogens (tertiary/aromatic N) is 3. The van der Waals surface area contributed by atoms with E-state index in [0.717, 1.165) is 45.4 Å². The van der Waals surface area contributed by atoms with Gasteiger partial charge in [-0.1, -0.05) is 20.8 Å². The Morgan fingerprint density at radius 3 is 2.61 bits per heavy atom. The van der Waals surface area contributed by atoms with Crippen LogP contribution in [0.3, 0.4) is 0 Å². The molecule has 2 aliphatic rings. The number of rotatable bonds is 2. The van der Waals surface area contributed by atoms with Crippen LogP contribution in [0.1, 0.15) is 63.0 Å². The van der Waals surface area contributed by atoms with E-state index in [4.69, 9.17) is 0 Å². The Morgan fingerprint density at radius 2 is 2.00 bits per heavy atom. The molecule has 1 aromatic heterocycles. The van der Waals surface area contributed by atoms with Crippen molar-refractivity contribution in [3.8, 4) is 0 Å². The zero-order valence-corrected chi connectivity index (χ0v) is 14.7. The van der Waals surface area contributed by atoms with Crippen LogP contribution in [0.25, 0.3) is 0 Å². The summed E-state index contributed by atoms with van der Waals surface area (Å²) in [5.74, 6) is 0.803. The molecule has 1 aromatic rings. The Morgan fingerprint density at radius 1 is 1.26 bits per heavy atom. The molecule has 128 valence electrons. The largest absolute Gasteiger partial charge is 0.337 e. The fourth-order valence-corrected chi connectivity index (χ4v) is 3.83. The Labute approximate surface area is 139 Å². The fourth-order valence-electron chi connectivity index (χ4n) is 3.83. The molecule has 2 fully saturated rings. The van der Waals surface area contributed by atoms with Crippen molar-refractivity contribution in [3.63, 3.8) is 0 Å². The van der Waals surface area contributed by atoms with Gasteiger partial charge in [-0.2, -0.15) is 5.10 Å². The van der Waals surface area contributed by atoms with Crippen LogP contribution in [0.15, 0.2) is 12.3 Å². The van der Waals surface area contributed by atoms with Crippen molar-refractivity contribution in [2.24, 2.45) is 11.3 Å². The zero-order chi connectivity index (χ0) is 16.4. The quantitative estimate of drug-likeness (QED) is 0.912. The summed E-state index contributed by atoms with van der Waals surface area (Å²) < 4.78 is 1.97. The number of carbonyl (C=O) groups excluding carboxylic acids is 1. The standard InChI is InChI=1S/C18H30N4O/c1-18(2,3)14-6-10-21(11-7-14)17(23)16-8-12-22(20-16)15-5-4-9-19-13-15/h8,12,14-15,19H,4-7,9-11,13H2,1-3H3. The van der Waals surface area contributed by atoms with E-state index in [1.807, 2.05) is 21.8 Å². The molecule has 5 heteroatoms. The second-order valence-electron chi connectivity index (χ2n) is 8.11. The van der Waals surface area contributed by atoms with Crippen molar-refractivity contribution in [3.05, 3.63) is 18.0 Å². The molecule has 3 heterocycles. The number of aromatic nitrogens is 2. The van der Waals surface area contributed by atoms with Crippen LogP contribution in [-0.4, -0.2) is 46.8 Å². The zero-order valence-electron chi connectivity index (χ0n) is 14.7. The summed E-state index contributed by atoms with van der Waals surface area (Å²) >= 11 is 0. The summed E-state index contributed by atoms with van der Waals surface area (Å²) in [5, 5.41) is 7.96. The second kappa shape index (κ2) is 6.63. The minimum Gasteiger partial charge on any atom is -0.337 e. The summed E-state index contributed by atoms with van der Waals surface area (Å²) in [6, 6.07) is 2.27. The van der Waals surface area contributed by atoms with Crippen LogP contribution in [0, 0.1) is 11.3 Å². The SMILES string of the molecule is CC(C)(C)C1CCN(C(=O)c2ccn(C3CCCNC3)n2)CC1. The van der Waals surface area contributed by atoms with Crippen molar-refractivity contribution in [1.82, 2.24) is 20.0 Å². The van der Waals surface area contributed by atoms with Gasteiger partial charge in [0.2, 0.25) is 0 Å². The lowest BCUT2D eigenvalue weighted by molar-refractivity contribution is 0.0602. The van der Waals surface area contributed by atoms with Crippen molar-refractivity contribution in [1.29, 1.82) is 0 Å². The number of amides is 1. The van der Waals surface area contributed by atoms with E-state index in [2.05, 4.69) is 31.2 Å². The van der Waals surface area contributed by atoms with Gasteiger partial charge in [-0.05, 0) is 49.6 Å². The molecule has 0 radical (unpaired) electrons. The molecule has 3 rings (SSSR count). The van der Waals surface area contributed by atoms with Gasteiger partial charge in [0.15, 0.2) is 0 Å². The van der Waals surface area contributed by atoms with Gasteiger partial charge in [0.05, 0.1) is 6.04 Å². The molecule has 1 atom stereocenters. The van der Waals surface area contributed by atoms with Crippen LogP contribution in [0.2, 0.25) is 0 Å². The van der Waals surface area contributed by atoms with E-state index in [9.17, 15) is 4.79 Å². The van der Waals surface area contributed by atoms with E-state index >= 15 is 0 Å². The monoisotopic (exact) mass is 318 g/mol. The number of carbonyl (C=O) groups is 1. The van der Waals surface area contributed by atoms with Gasteiger partial charge in [-0.25, -0.2) is 0 Å². The van der Waals surface area contributed by atoms with Gasteiger partial charge in [-0.3, -0.25) is 9.48 Å². The molecule has 2 aliphatic heterocycles. The average Bonchev–Trinajstić information content (AvgIpc) is 3.04. The first-order valence-corrected chi connectivity index (χ1v) is 9.00. The predicted molar refractivity (Wildman–Crippen MR) is 91.5 cm³/mol. The maximum atomic E-state index is 12.7. The summed E-state index contributed by atoms with van der Waals surface area (Å²) in [5.41, 5.74) is 0.940. The first kappa shape index (κ1) is 16.5. The number of nitrogens with one attached hydrogen (secondary N) is 1. The van der Waals surface area contributed by atoms with Crippen molar-refractivity contribution >= 4 is 5.91 Å². The normalized spacial score (nSPS) is 24.0. The Hall–Kier alpha value is -1.36. The number of hydrogen-bond donors (Lipinski definition) is 1. The molecule has 0 aromatic carbocycles. The highest BCUT2D eigenvalue weighted by Crippen LogP contribution is 2.34. The van der Waals surface area contributed by atoms with E-state index in [1.165, 1.54) is 6.42 Å². The highest BCUT2D eigenvalue weighted by atomic mass is 16.2. The summed E-state index contributed by atoms with van der Waals surface area (Å²) in [7, 11) is 0. The molecule has 0 bridgehead atoms. The third kappa shape index (κ3) is 3.77. The lowest BCUT2D eigenvalue weighted by Gasteiger charge is -2.38. The molecule has 0 saturated carbocycles. The predicted octanol–water partition coefficient (Wildman–Crippen LogP) is 2.71. The van der Waals surface area contributed by atoms with Crippen molar-refractivity contribution < 1.29 is 4.79 Å². The Kier molecular flexibility index (Phi) is 4.76. The smallest absolute Gasteiger partial charge is 0.274 e. The van der Waals surface area contributed by atoms with Crippen LogP contribution in [-0.2, 0) is 0 Å². The Bertz CT molecular complexity index is 531. The third-order valence-electron chi connectivity index (χ3n) is 5.48. The van der Waals surface area contributed by atoms with Crippen molar-refractivity contribution in [2.45, 2.75) is 52.5 Å². The molecule has 1 N–H and O–H groups in total. The third-order valence-corrected chi connectivity index (χ3v) is 5.48. The van der Waals surface area contributed by atoms with Gasteiger partial charge < -0.3 is 10.2 Å². The lowest BCUT2D eigenvalue weighted by Crippen LogP contribution is -2.41. The van der Waals surface area contributed by atoms with Gasteiger partial charge in [0, 0.05) is 25.8 Å². The fraction of sp³-hybridized carbons (Fsp3) is 0.778. The number of hydrogen-bond acceptors (Lipinski definition) is 3. The minimum absolute atomic E-state index is 0.0971. The highest BCUT2D eigenvalue weighted by Gasteiger charge is 2.31. The molecule has 1 unspecified atom stereocenters. The molecular weight excluding hydrogens is 288 g/mol. The number of likely N-dealkylation sites (tertiary alicyclic amines) is 1. The molecule has 1 amide bonds. The van der Waals surface area contributed by atoms with Gasteiger partial charge in [0.25, 0.3) is 5.91 Å². The molecule has 5 nitrogen and oxygen atoms in total. The van der Waals surface area contributed by atoms with Gasteiger partial charge in [-0.15, -0.1) is 0 Å². The maximum absolute atomic E-state index is 12.7. The van der Waals surface area contributed by atoms with Crippen LogP contribution in [0.5, 0.6) is 0 Å². The average molecular weight is 318 g/mol. The first-order valence-electron chi connectivity index (χ1n) is 9.00. The summed E-state index contributed by atoms with van der Waals surface area (Å²) in [6.45, 7) is 10.7. The van der Waals surface area contributed by atoms with Gasteiger partial charge >= 0.3 is 0 Å². The summed E-state index contributed by atoms with van der Waals surface area (Å²) in [6.07, 6.45) is 6.48. The molecule has 0 spiro atoms. The van der Waals surface area contributed by atoms with Crippen LogP contribution >= 0.6 is 0 Å². The second-order valence-corrected chi connectivity index (χ2v) is 8.11. The van der Waals surface area contributed by atoms with E-state index < -0.39 is 0 Å². The van der Waals surface area contributed by atoms with Gasteiger partial charge in [0.1, 0.15) is 5.69 Å². The van der Waals surface area contributed by atoms with E-state index in [0.29, 0.717) is 23.1 Å². The van der Waals surface area contributed by atoms with E-state index in [-0.39, 0.29) is 5.91 Å². The topological polar surface area (TPSA) is 50.2 Å². The van der Waals surface area contributed by atoms with Crippen LogP contribution < -0.4 is 5.32 Å². The minimum atomic E-state index is 0.0971. The van der Waals surface area contributed by atoms with Crippen molar-refractivity contribution in [2.75, 3.05) is 26.2 Å². The molecule has 23 heavy (non-hydrogen) atoms. The van der Waals surface area contributed by atoms with E-state index in [1.54, 1.807) is 0 Å². The molecule has 0 aliphatic carbocycles. The highest BCUT2D eigenvalue weighted by molar-refractivity contribution is 5.92. The summed E-state index contributed by atoms with van der Waals surface area (Å²) in [4.78, 5) is 14.7. The van der Waals surface area contributed by atoms with Crippen LogP contribution in [0.4, 0.5) is 0 Å². The Balaban J connectivity index is 1.60. The maximum Gasteiger partial charge on any atom is 0.274 e.